The molecule has 2 aromatic rings. The molecule has 2 unspecified atom stereocenters. The number of nitro benzene ring substituents is 2. The number of allylic oxidation sites excluding steroid dienone is 2. The minimum atomic E-state index is -5.05. The van der Waals surface area contributed by atoms with E-state index >= 15 is 0 Å². The van der Waals surface area contributed by atoms with Crippen molar-refractivity contribution in [1.29, 1.82) is 0 Å². The molecule has 0 bridgehead atoms. The zero-order chi connectivity index (χ0) is 35.4. The van der Waals surface area contributed by atoms with Crippen LogP contribution in [-0.4, -0.2) is 72.6 Å². The monoisotopic (exact) mass is 680 g/mol. The number of rotatable bonds is 17. The normalized spacial score (nSPS) is 15.4. The molecule has 0 saturated carbocycles. The number of dihydropyridines is 1. The van der Waals surface area contributed by atoms with E-state index in [2.05, 4.69) is 15.4 Å². The molecule has 0 amide bonds. The van der Waals surface area contributed by atoms with Crippen LogP contribution in [0.15, 0.2) is 71.1 Å². The molecule has 17 heteroatoms. The van der Waals surface area contributed by atoms with Crippen molar-refractivity contribution in [3.63, 3.8) is 0 Å². The molecule has 0 aromatic heterocycles. The largest absolute Gasteiger partial charge is 0.484 e. The topological polar surface area (TPSA) is 192 Å². The minimum Gasteiger partial charge on any atom is -0.484 e. The highest BCUT2D eigenvalue weighted by Gasteiger charge is 2.47. The van der Waals surface area contributed by atoms with Gasteiger partial charge in [0.15, 0.2) is 5.75 Å². The Kier molecular flexibility index (Phi) is 13.4. The summed E-state index contributed by atoms with van der Waals surface area (Å²) in [5, 5.41) is 37.7. The molecule has 0 radical (unpaired) electrons. The van der Waals surface area contributed by atoms with Gasteiger partial charge in [-0.3, -0.25) is 20.2 Å². The Morgan fingerprint density at radius 3 is 2.38 bits per heavy atom. The van der Waals surface area contributed by atoms with Gasteiger partial charge in [0.05, 0.1) is 40.6 Å². The summed E-state index contributed by atoms with van der Waals surface area (Å²) in [6.45, 7) is 1.70. The third-order valence-electron chi connectivity index (χ3n) is 7.24. The standard InChI is InChI=1S/C31H35F3N4O10/c1-19-25(26(20-10-9-11-21(16-20)37(42)43)27(29(40)46-2)28(36-19)31(32,33)34)30(41)47-15-8-4-3-7-14-35-17-22(39)18-48-24-13-6-5-12-23(24)38(44)45/h5-6,9-13,16,22,26,35-36,39H,3-4,7-8,14-15,17-18H2,1-2H3. The number of aliphatic hydroxyl groups excluding tert-OH is 1. The first-order chi connectivity index (χ1) is 22.8. The van der Waals surface area contributed by atoms with Crippen molar-refractivity contribution in [2.24, 2.45) is 0 Å². The fraction of sp³-hybridized carbons (Fsp3) is 0.419. The molecular formula is C31H35F3N4O10. The fourth-order valence-electron chi connectivity index (χ4n) is 4.99. The van der Waals surface area contributed by atoms with Crippen LogP contribution in [0.1, 0.15) is 44.1 Å². The average Bonchev–Trinajstić information content (AvgIpc) is 3.05. The molecule has 2 aromatic carbocycles. The van der Waals surface area contributed by atoms with Crippen molar-refractivity contribution in [1.82, 2.24) is 10.6 Å². The third kappa shape index (κ3) is 9.98. The molecule has 1 aliphatic heterocycles. The van der Waals surface area contributed by atoms with Crippen molar-refractivity contribution >= 4 is 23.3 Å². The lowest BCUT2D eigenvalue weighted by atomic mass is 9.80. The van der Waals surface area contributed by atoms with Crippen LogP contribution in [0.25, 0.3) is 0 Å². The maximum absolute atomic E-state index is 14.0. The second-order valence-corrected chi connectivity index (χ2v) is 10.7. The van der Waals surface area contributed by atoms with Gasteiger partial charge in [-0.15, -0.1) is 0 Å². The van der Waals surface area contributed by atoms with E-state index in [-0.39, 0.29) is 48.0 Å². The fourth-order valence-corrected chi connectivity index (χ4v) is 4.99. The molecule has 48 heavy (non-hydrogen) atoms. The number of para-hydroxylation sites is 2. The van der Waals surface area contributed by atoms with Crippen LogP contribution in [0.5, 0.6) is 5.75 Å². The first-order valence-corrected chi connectivity index (χ1v) is 14.8. The van der Waals surface area contributed by atoms with Gasteiger partial charge in [-0.2, -0.15) is 13.2 Å². The van der Waals surface area contributed by atoms with Crippen molar-refractivity contribution in [2.75, 3.05) is 33.4 Å². The zero-order valence-electron chi connectivity index (χ0n) is 26.1. The van der Waals surface area contributed by atoms with Crippen LogP contribution in [-0.2, 0) is 19.1 Å². The van der Waals surface area contributed by atoms with Crippen LogP contribution in [0.4, 0.5) is 24.5 Å². The molecule has 0 saturated heterocycles. The summed E-state index contributed by atoms with van der Waals surface area (Å²) in [6, 6.07) is 10.5. The number of non-ortho nitro benzene ring substituents is 1. The van der Waals surface area contributed by atoms with Crippen LogP contribution in [0.3, 0.4) is 0 Å². The second-order valence-electron chi connectivity index (χ2n) is 10.7. The lowest BCUT2D eigenvalue weighted by molar-refractivity contribution is -0.385. The van der Waals surface area contributed by atoms with E-state index in [0.29, 0.717) is 32.2 Å². The SMILES string of the molecule is COC(=O)C1=C(C(F)(F)F)NC(C)=C(C(=O)OCCCCCCNCC(O)COc2ccccc2[N+](=O)[O-])C1c1cccc([N+](=O)[O-])c1. The van der Waals surface area contributed by atoms with E-state index < -0.39 is 56.9 Å². The van der Waals surface area contributed by atoms with E-state index in [1.807, 2.05) is 0 Å². The number of benzene rings is 2. The Balaban J connectivity index is 1.53. The van der Waals surface area contributed by atoms with E-state index in [4.69, 9.17) is 9.47 Å². The summed E-state index contributed by atoms with van der Waals surface area (Å²) in [5.41, 5.74) is -3.71. The zero-order valence-corrected chi connectivity index (χ0v) is 26.1. The Morgan fingerprint density at radius 1 is 1.00 bits per heavy atom. The summed E-state index contributed by atoms with van der Waals surface area (Å²) in [6.07, 6.45) is -3.53. The molecule has 1 aliphatic rings. The van der Waals surface area contributed by atoms with Gasteiger partial charge in [0.1, 0.15) is 18.4 Å². The summed E-state index contributed by atoms with van der Waals surface area (Å²) < 4.78 is 57.5. The molecule has 0 fully saturated rings. The summed E-state index contributed by atoms with van der Waals surface area (Å²) in [7, 11) is 0.880. The number of aliphatic hydroxyl groups is 1. The Bertz CT molecular complexity index is 1560. The van der Waals surface area contributed by atoms with Gasteiger partial charge in [-0.1, -0.05) is 37.1 Å². The van der Waals surface area contributed by atoms with Gasteiger partial charge >= 0.3 is 23.8 Å². The highest BCUT2D eigenvalue weighted by atomic mass is 19.4. The number of carbonyl (C=O) groups excluding carboxylic acids is 2. The number of methoxy groups -OCH3 is 1. The number of alkyl halides is 3. The van der Waals surface area contributed by atoms with Gasteiger partial charge in [0, 0.05) is 30.4 Å². The first kappa shape index (κ1) is 37.4. The number of nitrogens with one attached hydrogen (secondary N) is 2. The quantitative estimate of drug-likeness (QED) is 0.0913. The molecule has 1 heterocycles. The van der Waals surface area contributed by atoms with E-state index in [0.717, 1.165) is 19.2 Å². The minimum absolute atomic E-state index is 0.0550. The number of esters is 2. The number of hydrogen-bond donors (Lipinski definition) is 3. The second kappa shape index (κ2) is 17.2. The Hall–Kier alpha value is -5.03. The number of carbonyl (C=O) groups is 2. The predicted molar refractivity (Wildman–Crippen MR) is 164 cm³/mol. The van der Waals surface area contributed by atoms with Crippen LogP contribution in [0, 0.1) is 20.2 Å². The van der Waals surface area contributed by atoms with Gasteiger partial charge in [-0.25, -0.2) is 9.59 Å². The highest BCUT2D eigenvalue weighted by molar-refractivity contribution is 6.00. The number of halogens is 3. The maximum atomic E-state index is 14.0. The lowest BCUT2D eigenvalue weighted by Gasteiger charge is -2.31. The van der Waals surface area contributed by atoms with Gasteiger partial charge in [0.2, 0.25) is 0 Å². The van der Waals surface area contributed by atoms with Crippen LogP contribution >= 0.6 is 0 Å². The molecule has 3 rings (SSSR count). The maximum Gasteiger partial charge on any atom is 0.431 e. The number of ether oxygens (including phenoxy) is 3. The molecule has 3 N–H and O–H groups in total. The van der Waals surface area contributed by atoms with Gasteiger partial charge in [-0.05, 0) is 37.9 Å². The third-order valence-corrected chi connectivity index (χ3v) is 7.24. The van der Waals surface area contributed by atoms with Crippen molar-refractivity contribution in [2.45, 2.75) is 50.8 Å². The molecule has 0 aliphatic carbocycles. The number of unbranched alkanes of at least 4 members (excludes halogenated alkanes) is 3. The van der Waals surface area contributed by atoms with Crippen molar-refractivity contribution in [3.8, 4) is 5.75 Å². The molecule has 2 atom stereocenters. The van der Waals surface area contributed by atoms with Crippen molar-refractivity contribution < 1.29 is 51.9 Å². The van der Waals surface area contributed by atoms with E-state index in [1.54, 1.807) is 6.07 Å². The summed E-state index contributed by atoms with van der Waals surface area (Å²) in [5.74, 6) is -3.99. The Morgan fingerprint density at radius 2 is 1.71 bits per heavy atom. The first-order valence-electron chi connectivity index (χ1n) is 14.8. The van der Waals surface area contributed by atoms with Gasteiger partial charge < -0.3 is 30.0 Å². The summed E-state index contributed by atoms with van der Waals surface area (Å²) in [4.78, 5) is 47.1. The Labute approximate surface area is 272 Å². The number of nitro groups is 2. The van der Waals surface area contributed by atoms with Crippen molar-refractivity contribution in [3.05, 3.63) is 96.9 Å². The molecule has 0 spiro atoms. The number of nitrogens with zero attached hydrogens (tertiary/aromatic N) is 2. The van der Waals surface area contributed by atoms with Crippen LogP contribution in [0.2, 0.25) is 0 Å². The smallest absolute Gasteiger partial charge is 0.431 e. The van der Waals surface area contributed by atoms with Gasteiger partial charge in [0.25, 0.3) is 5.69 Å². The summed E-state index contributed by atoms with van der Waals surface area (Å²) >= 11 is 0. The van der Waals surface area contributed by atoms with E-state index in [9.17, 15) is 48.1 Å². The molecule has 14 nitrogen and oxygen atoms in total. The number of hydrogen-bond acceptors (Lipinski definition) is 12. The lowest BCUT2D eigenvalue weighted by Crippen LogP contribution is -2.38. The predicted octanol–water partition coefficient (Wildman–Crippen LogP) is 4.59. The highest BCUT2D eigenvalue weighted by Crippen LogP contribution is 2.44. The van der Waals surface area contributed by atoms with Crippen LogP contribution < -0.4 is 15.4 Å². The average molecular weight is 681 g/mol. The molecule has 260 valence electrons. The van der Waals surface area contributed by atoms with E-state index in [1.165, 1.54) is 37.3 Å². The molecular weight excluding hydrogens is 645 g/mol.